The maximum absolute atomic E-state index is 13.8. The maximum atomic E-state index is 13.8. The van der Waals surface area contributed by atoms with Crippen molar-refractivity contribution in [3.05, 3.63) is 34.6 Å². The van der Waals surface area contributed by atoms with E-state index in [0.717, 1.165) is 0 Å². The first-order valence-corrected chi connectivity index (χ1v) is 7.68. The molecule has 2 rings (SSSR count). The number of likely N-dealkylation sites (tertiary alicyclic amines) is 1. The van der Waals surface area contributed by atoms with E-state index in [1.165, 1.54) is 31.3 Å². The highest BCUT2D eigenvalue weighted by Gasteiger charge is 2.40. The summed E-state index contributed by atoms with van der Waals surface area (Å²) < 4.78 is 23.7. The van der Waals surface area contributed by atoms with Crippen LogP contribution in [0.5, 0.6) is 0 Å². The second kappa shape index (κ2) is 7.75. The Kier molecular flexibility index (Phi) is 5.96. The zero-order valence-corrected chi connectivity index (χ0v) is 13.8. The van der Waals surface area contributed by atoms with Crippen LogP contribution >= 0.6 is 11.6 Å². The van der Waals surface area contributed by atoms with Crippen molar-refractivity contribution >= 4 is 23.5 Å². The average Bonchev–Trinajstić information content (AvgIpc) is 2.98. The Morgan fingerprint density at radius 2 is 2.13 bits per heavy atom. The molecule has 0 saturated carbocycles. The first-order valence-electron chi connectivity index (χ1n) is 7.31. The van der Waals surface area contributed by atoms with Crippen LogP contribution in [0, 0.1) is 5.82 Å². The van der Waals surface area contributed by atoms with E-state index in [4.69, 9.17) is 21.1 Å². The van der Waals surface area contributed by atoms with Gasteiger partial charge in [0.05, 0.1) is 13.2 Å². The minimum absolute atomic E-state index is 0.0601. The number of hydrogen-bond acceptors (Lipinski definition) is 4. The number of nitrogens with zero attached hydrogens (tertiary/aromatic N) is 1. The van der Waals surface area contributed by atoms with E-state index in [9.17, 15) is 14.0 Å². The second-order valence-corrected chi connectivity index (χ2v) is 5.79. The number of benzene rings is 1. The summed E-state index contributed by atoms with van der Waals surface area (Å²) in [4.78, 5) is 25.7. The van der Waals surface area contributed by atoms with E-state index in [-0.39, 0.29) is 24.9 Å². The Morgan fingerprint density at radius 3 is 2.74 bits per heavy atom. The average molecular weight is 344 g/mol. The van der Waals surface area contributed by atoms with E-state index in [1.807, 2.05) is 0 Å². The Hall–Kier alpha value is -1.66. The highest BCUT2D eigenvalue weighted by Crippen LogP contribution is 2.24. The fraction of sp³-hybridized carbons (Fsp3) is 0.500. The Bertz CT molecular complexity index is 575. The topological polar surface area (TPSA) is 55.8 Å². The summed E-state index contributed by atoms with van der Waals surface area (Å²) in [6.07, 6.45) is 0.423. The Morgan fingerprint density at radius 1 is 1.39 bits per heavy atom. The molecule has 5 nitrogen and oxygen atoms in total. The van der Waals surface area contributed by atoms with Gasteiger partial charge >= 0.3 is 5.97 Å². The highest BCUT2D eigenvalue weighted by atomic mass is 35.5. The van der Waals surface area contributed by atoms with Crippen LogP contribution < -0.4 is 0 Å². The molecule has 1 aliphatic heterocycles. The maximum Gasteiger partial charge on any atom is 0.328 e. The van der Waals surface area contributed by atoms with Crippen LogP contribution in [0.15, 0.2) is 18.2 Å². The van der Waals surface area contributed by atoms with Crippen LogP contribution in [-0.4, -0.2) is 49.7 Å². The zero-order valence-electron chi connectivity index (χ0n) is 13.1. The number of halogens is 2. The van der Waals surface area contributed by atoms with Crippen LogP contribution in [0.4, 0.5) is 4.39 Å². The fourth-order valence-corrected chi connectivity index (χ4v) is 3.01. The van der Waals surface area contributed by atoms with Crippen molar-refractivity contribution in [3.8, 4) is 0 Å². The number of rotatable bonds is 5. The van der Waals surface area contributed by atoms with E-state index >= 15 is 0 Å². The molecule has 0 aromatic heterocycles. The summed E-state index contributed by atoms with van der Waals surface area (Å²) in [5.74, 6) is -1.16. The number of esters is 1. The van der Waals surface area contributed by atoms with Crippen molar-refractivity contribution in [1.29, 1.82) is 0 Å². The monoisotopic (exact) mass is 343 g/mol. The van der Waals surface area contributed by atoms with Gasteiger partial charge in [-0.1, -0.05) is 17.7 Å². The van der Waals surface area contributed by atoms with Gasteiger partial charge in [-0.15, -0.1) is 0 Å². The summed E-state index contributed by atoms with van der Waals surface area (Å²) >= 11 is 5.96. The molecule has 1 aromatic carbocycles. The first-order chi connectivity index (χ1) is 11.0. The number of ether oxygens (including phenoxy) is 2. The lowest BCUT2D eigenvalue weighted by atomic mass is 10.1. The minimum atomic E-state index is -0.659. The second-order valence-electron chi connectivity index (χ2n) is 5.38. The van der Waals surface area contributed by atoms with Gasteiger partial charge < -0.3 is 14.4 Å². The van der Waals surface area contributed by atoms with Gasteiger partial charge in [0.15, 0.2) is 0 Å². The van der Waals surface area contributed by atoms with E-state index in [0.29, 0.717) is 23.6 Å². The molecule has 1 amide bonds. The molecule has 0 bridgehead atoms. The lowest BCUT2D eigenvalue weighted by molar-refractivity contribution is -0.150. The van der Waals surface area contributed by atoms with Crippen LogP contribution in [0.2, 0.25) is 5.02 Å². The molecule has 126 valence electrons. The van der Waals surface area contributed by atoms with E-state index < -0.39 is 17.8 Å². The van der Waals surface area contributed by atoms with Crippen LogP contribution in [0.3, 0.4) is 0 Å². The summed E-state index contributed by atoms with van der Waals surface area (Å²) in [6.45, 7) is 0.320. The molecule has 1 heterocycles. The van der Waals surface area contributed by atoms with Gasteiger partial charge in [-0.05, 0) is 18.6 Å². The standard InChI is InChI=1S/C16H19ClFNO4/c1-22-10-8-14(16(21)23-2)19(9-10)15(20)7-6-11-12(17)4-3-5-13(11)18/h3-5,10,14H,6-9H2,1-2H3. The molecule has 0 radical (unpaired) electrons. The van der Waals surface area contributed by atoms with Crippen molar-refractivity contribution in [2.45, 2.75) is 31.4 Å². The predicted octanol–water partition coefficient (Wildman–Crippen LogP) is 2.20. The molecule has 0 aliphatic carbocycles. The number of methoxy groups -OCH3 is 2. The molecular formula is C16H19ClFNO4. The molecular weight excluding hydrogens is 325 g/mol. The summed E-state index contributed by atoms with van der Waals surface area (Å²) in [6, 6.07) is 3.74. The summed E-state index contributed by atoms with van der Waals surface area (Å²) in [5, 5.41) is 0.290. The quantitative estimate of drug-likeness (QED) is 0.769. The van der Waals surface area contributed by atoms with Crippen LogP contribution in [-0.2, 0) is 25.5 Å². The number of carbonyl (C=O) groups excluding carboxylic acids is 2. The SMILES string of the molecule is COC(=O)C1CC(OC)CN1C(=O)CCc1c(F)cccc1Cl. The van der Waals surface area contributed by atoms with Crippen molar-refractivity contribution < 1.29 is 23.5 Å². The predicted molar refractivity (Wildman–Crippen MR) is 82.7 cm³/mol. The molecule has 0 N–H and O–H groups in total. The third-order valence-corrected chi connectivity index (χ3v) is 4.39. The minimum Gasteiger partial charge on any atom is -0.467 e. The number of amides is 1. The van der Waals surface area contributed by atoms with Crippen molar-refractivity contribution in [2.24, 2.45) is 0 Å². The molecule has 0 spiro atoms. The Balaban J connectivity index is 2.05. The van der Waals surface area contributed by atoms with Gasteiger partial charge in [-0.25, -0.2) is 9.18 Å². The lowest BCUT2D eigenvalue weighted by Crippen LogP contribution is -2.41. The molecule has 1 aromatic rings. The molecule has 1 saturated heterocycles. The molecule has 1 fully saturated rings. The lowest BCUT2D eigenvalue weighted by Gasteiger charge is -2.22. The third kappa shape index (κ3) is 4.00. The van der Waals surface area contributed by atoms with Crippen LogP contribution in [0.1, 0.15) is 18.4 Å². The van der Waals surface area contributed by atoms with Gasteiger partial charge in [-0.2, -0.15) is 0 Å². The molecule has 23 heavy (non-hydrogen) atoms. The number of carbonyl (C=O) groups is 2. The van der Waals surface area contributed by atoms with Gasteiger partial charge in [0.25, 0.3) is 0 Å². The highest BCUT2D eigenvalue weighted by molar-refractivity contribution is 6.31. The van der Waals surface area contributed by atoms with E-state index in [2.05, 4.69) is 0 Å². The molecule has 2 atom stereocenters. The Labute approximate surface area is 139 Å². The van der Waals surface area contributed by atoms with Gasteiger partial charge in [0.1, 0.15) is 11.9 Å². The molecule has 7 heteroatoms. The first kappa shape index (κ1) is 17.7. The zero-order chi connectivity index (χ0) is 17.0. The normalized spacial score (nSPS) is 20.6. The number of hydrogen-bond donors (Lipinski definition) is 0. The van der Waals surface area contributed by atoms with Crippen molar-refractivity contribution in [3.63, 3.8) is 0 Å². The summed E-state index contributed by atoms with van der Waals surface area (Å²) in [5.41, 5.74) is 0.305. The van der Waals surface area contributed by atoms with E-state index in [1.54, 1.807) is 6.07 Å². The van der Waals surface area contributed by atoms with Crippen molar-refractivity contribution in [2.75, 3.05) is 20.8 Å². The molecule has 1 aliphatic rings. The van der Waals surface area contributed by atoms with Gasteiger partial charge in [0.2, 0.25) is 5.91 Å². The van der Waals surface area contributed by atoms with Gasteiger partial charge in [0, 0.05) is 37.1 Å². The smallest absolute Gasteiger partial charge is 0.328 e. The molecule has 2 unspecified atom stereocenters. The van der Waals surface area contributed by atoms with Gasteiger partial charge in [-0.3, -0.25) is 4.79 Å². The largest absolute Gasteiger partial charge is 0.467 e. The summed E-state index contributed by atoms with van der Waals surface area (Å²) in [7, 11) is 2.82. The fourth-order valence-electron chi connectivity index (χ4n) is 2.75. The van der Waals surface area contributed by atoms with Crippen LogP contribution in [0.25, 0.3) is 0 Å². The van der Waals surface area contributed by atoms with Crippen molar-refractivity contribution in [1.82, 2.24) is 4.90 Å². The third-order valence-electron chi connectivity index (χ3n) is 4.04.